The molecule has 0 radical (unpaired) electrons. The monoisotopic (exact) mass is 427 g/mol. The fourth-order valence-corrected chi connectivity index (χ4v) is 4.14. The van der Waals surface area contributed by atoms with E-state index in [9.17, 15) is 9.59 Å². The number of carbonyl (C=O) groups excluding carboxylic acids is 1. The van der Waals surface area contributed by atoms with Gasteiger partial charge in [-0.05, 0) is 48.9 Å². The Morgan fingerprint density at radius 2 is 2.00 bits per heavy atom. The topological polar surface area (TPSA) is 72.9 Å². The van der Waals surface area contributed by atoms with Crippen LogP contribution in [0, 0.1) is 6.92 Å². The van der Waals surface area contributed by atoms with Gasteiger partial charge in [0.2, 0.25) is 5.76 Å². The molecule has 5 rings (SSSR count). The summed E-state index contributed by atoms with van der Waals surface area (Å²) in [6.07, 6.45) is 3.22. The molecule has 0 fully saturated rings. The second-order valence-electron chi connectivity index (χ2n) is 7.76. The summed E-state index contributed by atoms with van der Waals surface area (Å²) >= 11 is 0. The number of rotatable bonds is 6. The summed E-state index contributed by atoms with van der Waals surface area (Å²) in [7, 11) is 0. The zero-order valence-corrected chi connectivity index (χ0v) is 17.5. The van der Waals surface area contributed by atoms with Crippen LogP contribution in [0.15, 0.2) is 87.1 Å². The van der Waals surface area contributed by atoms with Crippen molar-refractivity contribution < 1.29 is 18.4 Å². The Labute approximate surface area is 184 Å². The summed E-state index contributed by atoms with van der Waals surface area (Å²) in [5.74, 6) is 0.962. The minimum absolute atomic E-state index is 0.0697. The third-order valence-corrected chi connectivity index (χ3v) is 5.57. The molecule has 0 N–H and O–H groups in total. The molecule has 0 aliphatic carbocycles. The first kappa shape index (κ1) is 19.9. The van der Waals surface area contributed by atoms with Crippen LogP contribution in [0.2, 0.25) is 0 Å². The fourth-order valence-electron chi connectivity index (χ4n) is 4.14. The Kier molecular flexibility index (Phi) is 4.90. The summed E-state index contributed by atoms with van der Waals surface area (Å²) in [6.45, 7) is 6.14. The van der Waals surface area contributed by atoms with Crippen LogP contribution in [0.5, 0.6) is 5.75 Å². The van der Waals surface area contributed by atoms with Crippen LogP contribution in [-0.2, 0) is 6.54 Å². The summed E-state index contributed by atoms with van der Waals surface area (Å²) in [5, 5.41) is 0.459. The molecule has 3 heterocycles. The summed E-state index contributed by atoms with van der Waals surface area (Å²) in [6, 6.07) is 15.7. The molecule has 1 aliphatic rings. The van der Waals surface area contributed by atoms with E-state index < -0.39 is 6.04 Å². The van der Waals surface area contributed by atoms with Crippen molar-refractivity contribution in [2.24, 2.45) is 0 Å². The predicted molar refractivity (Wildman–Crippen MR) is 120 cm³/mol. The van der Waals surface area contributed by atoms with Crippen molar-refractivity contribution in [3.8, 4) is 5.75 Å². The number of benzene rings is 2. The van der Waals surface area contributed by atoms with Crippen LogP contribution in [0.1, 0.15) is 39.0 Å². The lowest BCUT2D eigenvalue weighted by atomic mass is 9.98. The van der Waals surface area contributed by atoms with Crippen LogP contribution in [-0.4, -0.2) is 17.4 Å². The highest BCUT2D eigenvalue weighted by molar-refractivity contribution is 5.99. The molecule has 160 valence electrons. The number of aryl methyl sites for hydroxylation is 1. The first-order valence-corrected chi connectivity index (χ1v) is 10.3. The van der Waals surface area contributed by atoms with Crippen LogP contribution < -0.4 is 10.2 Å². The van der Waals surface area contributed by atoms with Gasteiger partial charge in [0.15, 0.2) is 5.43 Å². The molecule has 0 bridgehead atoms. The number of nitrogens with zero attached hydrogens (tertiary/aromatic N) is 1. The molecule has 0 saturated carbocycles. The second kappa shape index (κ2) is 7.89. The molecular formula is C26H21NO5. The van der Waals surface area contributed by atoms with Crippen molar-refractivity contribution in [2.75, 3.05) is 6.61 Å². The Morgan fingerprint density at radius 1 is 1.12 bits per heavy atom. The van der Waals surface area contributed by atoms with Gasteiger partial charge in [-0.15, -0.1) is 0 Å². The van der Waals surface area contributed by atoms with E-state index in [0.29, 0.717) is 34.6 Å². The van der Waals surface area contributed by atoms with Gasteiger partial charge >= 0.3 is 0 Å². The van der Waals surface area contributed by atoms with Gasteiger partial charge < -0.3 is 18.5 Å². The van der Waals surface area contributed by atoms with Gasteiger partial charge in [0, 0.05) is 0 Å². The number of fused-ring (bicyclic) bond motifs is 2. The molecular weight excluding hydrogens is 406 g/mol. The molecule has 32 heavy (non-hydrogen) atoms. The van der Waals surface area contributed by atoms with E-state index in [0.717, 1.165) is 11.1 Å². The van der Waals surface area contributed by atoms with Gasteiger partial charge in [-0.3, -0.25) is 9.59 Å². The van der Waals surface area contributed by atoms with Crippen molar-refractivity contribution in [3.05, 3.63) is 112 Å². The zero-order chi connectivity index (χ0) is 22.2. The van der Waals surface area contributed by atoms with Crippen molar-refractivity contribution >= 4 is 16.9 Å². The molecule has 1 amide bonds. The summed E-state index contributed by atoms with van der Waals surface area (Å²) < 4.78 is 17.2. The summed E-state index contributed by atoms with van der Waals surface area (Å²) in [5.41, 5.74) is 2.22. The number of hydrogen-bond donors (Lipinski definition) is 0. The fraction of sp³-hybridized carbons (Fsp3) is 0.154. The van der Waals surface area contributed by atoms with Crippen molar-refractivity contribution in [1.82, 2.24) is 4.90 Å². The van der Waals surface area contributed by atoms with E-state index in [1.165, 1.54) is 0 Å². The number of amides is 1. The normalized spacial score (nSPS) is 15.2. The number of carbonyl (C=O) groups is 1. The molecule has 1 unspecified atom stereocenters. The van der Waals surface area contributed by atoms with Crippen LogP contribution in [0.3, 0.4) is 0 Å². The third kappa shape index (κ3) is 3.30. The Balaban J connectivity index is 1.71. The highest BCUT2D eigenvalue weighted by atomic mass is 16.5. The molecule has 6 heteroatoms. The Bertz CT molecular complexity index is 1380. The maximum absolute atomic E-state index is 13.6. The van der Waals surface area contributed by atoms with E-state index >= 15 is 0 Å². The number of ether oxygens (including phenoxy) is 1. The first-order valence-electron chi connectivity index (χ1n) is 10.3. The molecule has 4 aromatic rings. The van der Waals surface area contributed by atoms with E-state index in [1.807, 2.05) is 37.3 Å². The van der Waals surface area contributed by atoms with E-state index in [1.54, 1.807) is 41.5 Å². The summed E-state index contributed by atoms with van der Waals surface area (Å²) in [4.78, 5) is 28.6. The van der Waals surface area contributed by atoms with Gasteiger partial charge in [-0.25, -0.2) is 0 Å². The Hall–Kier alpha value is -4.06. The molecule has 0 saturated heterocycles. The molecule has 2 aromatic heterocycles. The van der Waals surface area contributed by atoms with Crippen LogP contribution >= 0.6 is 0 Å². The van der Waals surface area contributed by atoms with Crippen molar-refractivity contribution in [1.29, 1.82) is 0 Å². The average molecular weight is 427 g/mol. The molecule has 1 aliphatic heterocycles. The minimum atomic E-state index is -0.629. The maximum atomic E-state index is 13.6. The lowest BCUT2D eigenvalue weighted by molar-refractivity contribution is 0.0701. The predicted octanol–water partition coefficient (Wildman–Crippen LogP) is 5.00. The molecule has 6 nitrogen and oxygen atoms in total. The zero-order valence-electron chi connectivity index (χ0n) is 17.5. The number of furan rings is 1. The van der Waals surface area contributed by atoms with Crippen LogP contribution in [0.25, 0.3) is 11.0 Å². The van der Waals surface area contributed by atoms with Gasteiger partial charge in [0.25, 0.3) is 5.91 Å². The van der Waals surface area contributed by atoms with Crippen molar-refractivity contribution in [2.45, 2.75) is 19.5 Å². The van der Waals surface area contributed by atoms with E-state index in [2.05, 4.69) is 6.58 Å². The Morgan fingerprint density at radius 3 is 2.78 bits per heavy atom. The molecule has 1 atom stereocenters. The largest absolute Gasteiger partial charge is 0.490 e. The number of hydrogen-bond acceptors (Lipinski definition) is 5. The van der Waals surface area contributed by atoms with Crippen LogP contribution in [0.4, 0.5) is 0 Å². The third-order valence-electron chi connectivity index (χ3n) is 5.57. The van der Waals surface area contributed by atoms with Gasteiger partial charge in [0.1, 0.15) is 23.7 Å². The smallest absolute Gasteiger partial charge is 0.291 e. The highest BCUT2D eigenvalue weighted by Crippen LogP contribution is 2.40. The molecule has 0 spiro atoms. The SMILES string of the molecule is C=CCOc1cccc(C2c3c(oc4ccc(C)cc4c3=O)C(=O)N2Cc2ccco2)c1. The highest BCUT2D eigenvalue weighted by Gasteiger charge is 2.43. The quantitative estimate of drug-likeness (QED) is 0.405. The first-order chi connectivity index (χ1) is 15.6. The lowest BCUT2D eigenvalue weighted by Gasteiger charge is -2.24. The standard InChI is InChI=1S/C26H21NO5/c1-3-11-30-18-7-4-6-17(14-18)23-22-24(28)20-13-16(2)9-10-21(20)32-25(22)26(29)27(23)15-19-8-5-12-31-19/h3-10,12-14,23H,1,11,15H2,2H3. The average Bonchev–Trinajstić information content (AvgIpc) is 3.41. The van der Waals surface area contributed by atoms with E-state index in [-0.39, 0.29) is 23.6 Å². The van der Waals surface area contributed by atoms with Gasteiger partial charge in [-0.2, -0.15) is 0 Å². The lowest BCUT2D eigenvalue weighted by Crippen LogP contribution is -2.29. The van der Waals surface area contributed by atoms with Crippen molar-refractivity contribution in [3.63, 3.8) is 0 Å². The maximum Gasteiger partial charge on any atom is 0.291 e. The van der Waals surface area contributed by atoms with Gasteiger partial charge in [0.05, 0.1) is 29.8 Å². The second-order valence-corrected chi connectivity index (χ2v) is 7.76. The molecule has 2 aromatic carbocycles. The van der Waals surface area contributed by atoms with Gasteiger partial charge in [-0.1, -0.05) is 36.4 Å². The van der Waals surface area contributed by atoms with E-state index in [4.69, 9.17) is 13.6 Å². The minimum Gasteiger partial charge on any atom is -0.490 e.